The predicted octanol–water partition coefficient (Wildman–Crippen LogP) is 2.98. The van der Waals surface area contributed by atoms with Crippen LogP contribution in [0, 0.1) is 0 Å². The lowest BCUT2D eigenvalue weighted by Crippen LogP contribution is -2.44. The molecule has 3 rings (SSSR count). The molecule has 1 saturated heterocycles. The van der Waals surface area contributed by atoms with Crippen LogP contribution in [-0.4, -0.2) is 42.9 Å². The van der Waals surface area contributed by atoms with Gasteiger partial charge in [0.25, 0.3) is 5.91 Å². The second-order valence-corrected chi connectivity index (χ2v) is 6.69. The van der Waals surface area contributed by atoms with E-state index in [9.17, 15) is 9.59 Å². The number of amides is 3. The highest BCUT2D eigenvalue weighted by Gasteiger charge is 2.47. The average Bonchev–Trinajstić information content (AvgIpc) is 2.93. The van der Waals surface area contributed by atoms with E-state index in [-0.39, 0.29) is 5.91 Å². The van der Waals surface area contributed by atoms with Gasteiger partial charge in [-0.05, 0) is 37.5 Å². The van der Waals surface area contributed by atoms with Crippen LogP contribution in [0.1, 0.15) is 24.5 Å². The molecule has 3 amide bonds. The number of urea groups is 1. The topological polar surface area (TPSA) is 80.2 Å². The zero-order valence-electron chi connectivity index (χ0n) is 16.1. The summed E-state index contributed by atoms with van der Waals surface area (Å²) < 4.78 is 10.6. The van der Waals surface area contributed by atoms with Gasteiger partial charge in [-0.25, -0.2) is 4.79 Å². The van der Waals surface area contributed by atoms with Gasteiger partial charge in [0.1, 0.15) is 5.54 Å². The summed E-state index contributed by atoms with van der Waals surface area (Å²) in [6.07, 6.45) is 2.57. The Morgan fingerprint density at radius 3 is 2.50 bits per heavy atom. The molecular weight excluding hydrogens is 358 g/mol. The van der Waals surface area contributed by atoms with E-state index < -0.39 is 11.6 Å². The Labute approximate surface area is 163 Å². The summed E-state index contributed by atoms with van der Waals surface area (Å²) in [5.41, 5.74) is 0.706. The van der Waals surface area contributed by atoms with Crippen molar-refractivity contribution in [2.24, 2.45) is 5.10 Å². The fourth-order valence-corrected chi connectivity index (χ4v) is 3.12. The zero-order valence-corrected chi connectivity index (χ0v) is 16.1. The number of benzene rings is 2. The largest absolute Gasteiger partial charge is 0.493 e. The Bertz CT molecular complexity index is 898. The molecule has 0 saturated carbocycles. The first-order valence-electron chi connectivity index (χ1n) is 8.94. The van der Waals surface area contributed by atoms with Crippen molar-refractivity contribution in [3.63, 3.8) is 0 Å². The highest BCUT2D eigenvalue weighted by Crippen LogP contribution is 2.30. The number of imide groups is 1. The van der Waals surface area contributed by atoms with Crippen LogP contribution in [0.15, 0.2) is 53.6 Å². The van der Waals surface area contributed by atoms with Gasteiger partial charge in [0.15, 0.2) is 11.5 Å². The smallest absolute Gasteiger partial charge is 0.346 e. The minimum Gasteiger partial charge on any atom is -0.493 e. The Balaban J connectivity index is 1.76. The van der Waals surface area contributed by atoms with Crippen LogP contribution in [0.3, 0.4) is 0 Å². The summed E-state index contributed by atoms with van der Waals surface area (Å²) in [4.78, 5) is 25.2. The van der Waals surface area contributed by atoms with Crippen molar-refractivity contribution in [2.45, 2.75) is 25.3 Å². The monoisotopic (exact) mass is 381 g/mol. The Morgan fingerprint density at radius 1 is 1.07 bits per heavy atom. The van der Waals surface area contributed by atoms with Gasteiger partial charge in [-0.2, -0.15) is 5.10 Å². The number of nitrogens with zero attached hydrogens (tertiary/aromatic N) is 2. The lowest BCUT2D eigenvalue weighted by molar-refractivity contribution is -0.130. The highest BCUT2D eigenvalue weighted by atomic mass is 16.5. The van der Waals surface area contributed by atoms with Crippen molar-refractivity contribution in [3.05, 3.63) is 59.7 Å². The highest BCUT2D eigenvalue weighted by molar-refractivity contribution is 6.07. The molecule has 28 heavy (non-hydrogen) atoms. The first-order valence-corrected chi connectivity index (χ1v) is 8.94. The molecule has 1 fully saturated rings. The molecule has 0 bridgehead atoms. The number of hydrazone groups is 1. The Kier molecular flexibility index (Phi) is 5.63. The van der Waals surface area contributed by atoms with E-state index in [1.807, 2.05) is 30.3 Å². The fourth-order valence-electron chi connectivity index (χ4n) is 3.12. The van der Waals surface area contributed by atoms with Crippen LogP contribution in [0.2, 0.25) is 0 Å². The van der Waals surface area contributed by atoms with E-state index >= 15 is 0 Å². The minimum absolute atomic E-state index is 0.383. The molecule has 1 aliphatic rings. The molecule has 0 aromatic heterocycles. The molecule has 146 valence electrons. The molecule has 0 radical (unpaired) electrons. The van der Waals surface area contributed by atoms with Crippen LogP contribution in [0.5, 0.6) is 11.5 Å². The summed E-state index contributed by atoms with van der Waals surface area (Å²) in [6, 6.07) is 14.6. The first kappa shape index (κ1) is 19.4. The number of methoxy groups -OCH3 is 2. The second-order valence-electron chi connectivity index (χ2n) is 6.69. The SMILES string of the molecule is COc1cccc(/C=N\N2C(=O)N[C@](C)(CCc3ccccc3)C2=O)c1OC. The van der Waals surface area contributed by atoms with Crippen molar-refractivity contribution in [1.82, 2.24) is 10.3 Å². The quantitative estimate of drug-likeness (QED) is 0.591. The van der Waals surface area contributed by atoms with Gasteiger partial charge >= 0.3 is 6.03 Å². The van der Waals surface area contributed by atoms with Gasteiger partial charge < -0.3 is 14.8 Å². The normalized spacial score (nSPS) is 19.2. The maximum atomic E-state index is 12.8. The number of rotatable bonds is 7. The van der Waals surface area contributed by atoms with Crippen molar-refractivity contribution in [1.29, 1.82) is 0 Å². The molecule has 1 N–H and O–H groups in total. The van der Waals surface area contributed by atoms with E-state index in [4.69, 9.17) is 9.47 Å². The molecule has 7 nitrogen and oxygen atoms in total. The molecule has 7 heteroatoms. The number of hydrogen-bond donors (Lipinski definition) is 1. The maximum Gasteiger partial charge on any atom is 0.346 e. The summed E-state index contributed by atoms with van der Waals surface area (Å²) >= 11 is 0. The molecular formula is C21H23N3O4. The molecule has 1 aliphatic heterocycles. The number of ether oxygens (including phenoxy) is 2. The fraction of sp³-hybridized carbons (Fsp3) is 0.286. The maximum absolute atomic E-state index is 12.8. The molecule has 0 spiro atoms. The summed E-state index contributed by atoms with van der Waals surface area (Å²) in [5.74, 6) is 0.635. The van der Waals surface area contributed by atoms with Crippen LogP contribution < -0.4 is 14.8 Å². The third-order valence-electron chi connectivity index (χ3n) is 4.74. The van der Waals surface area contributed by atoms with E-state index in [1.165, 1.54) is 20.4 Å². The summed E-state index contributed by atoms with van der Waals surface area (Å²) in [5, 5.41) is 7.72. The molecule has 0 aliphatic carbocycles. The van der Waals surface area contributed by atoms with Gasteiger partial charge in [-0.1, -0.05) is 36.4 Å². The number of para-hydroxylation sites is 1. The van der Waals surface area contributed by atoms with E-state index in [0.29, 0.717) is 29.9 Å². The Morgan fingerprint density at radius 2 is 1.82 bits per heavy atom. The third kappa shape index (κ3) is 3.83. The van der Waals surface area contributed by atoms with E-state index in [2.05, 4.69) is 10.4 Å². The van der Waals surface area contributed by atoms with Crippen molar-refractivity contribution < 1.29 is 19.1 Å². The molecule has 1 heterocycles. The lowest BCUT2D eigenvalue weighted by atomic mass is 9.93. The molecule has 2 aromatic rings. The molecule has 1 atom stereocenters. The van der Waals surface area contributed by atoms with Crippen LogP contribution in [0.25, 0.3) is 0 Å². The number of carbonyl (C=O) groups is 2. The number of aryl methyl sites for hydroxylation is 1. The average molecular weight is 381 g/mol. The van der Waals surface area contributed by atoms with Gasteiger partial charge in [0, 0.05) is 5.56 Å². The van der Waals surface area contributed by atoms with Crippen LogP contribution in [0.4, 0.5) is 4.79 Å². The lowest BCUT2D eigenvalue weighted by Gasteiger charge is -2.20. The summed E-state index contributed by atoms with van der Waals surface area (Å²) in [7, 11) is 3.05. The van der Waals surface area contributed by atoms with Crippen molar-refractivity contribution in [2.75, 3.05) is 14.2 Å². The third-order valence-corrected chi connectivity index (χ3v) is 4.74. The molecule has 0 unspecified atom stereocenters. The number of hydrogen-bond acceptors (Lipinski definition) is 5. The van der Waals surface area contributed by atoms with Gasteiger partial charge in [0.05, 0.1) is 20.4 Å². The van der Waals surface area contributed by atoms with Gasteiger partial charge in [-0.3, -0.25) is 4.79 Å². The Hall–Kier alpha value is -3.35. The standard InChI is InChI=1S/C21H23N3O4/c1-21(13-12-15-8-5-4-6-9-15)19(25)24(20(26)23-21)22-14-16-10-7-11-17(27-2)18(16)28-3/h4-11,14H,12-13H2,1-3H3,(H,23,26)/b22-14-/t21-/m1/s1. The molecule has 2 aromatic carbocycles. The van der Waals surface area contributed by atoms with Crippen molar-refractivity contribution >= 4 is 18.2 Å². The number of carbonyl (C=O) groups excluding carboxylic acids is 2. The zero-order chi connectivity index (χ0) is 20.1. The first-order chi connectivity index (χ1) is 13.5. The van der Waals surface area contributed by atoms with Crippen molar-refractivity contribution in [3.8, 4) is 11.5 Å². The van der Waals surface area contributed by atoms with Gasteiger partial charge in [0.2, 0.25) is 0 Å². The van der Waals surface area contributed by atoms with E-state index in [1.54, 1.807) is 25.1 Å². The predicted molar refractivity (Wildman–Crippen MR) is 106 cm³/mol. The number of nitrogens with one attached hydrogen (secondary N) is 1. The minimum atomic E-state index is -0.997. The second kappa shape index (κ2) is 8.12. The van der Waals surface area contributed by atoms with Crippen LogP contribution in [-0.2, 0) is 11.2 Å². The van der Waals surface area contributed by atoms with Crippen LogP contribution >= 0.6 is 0 Å². The van der Waals surface area contributed by atoms with E-state index in [0.717, 1.165) is 10.6 Å². The summed E-state index contributed by atoms with van der Waals surface area (Å²) in [6.45, 7) is 1.72. The van der Waals surface area contributed by atoms with Gasteiger partial charge in [-0.15, -0.1) is 5.01 Å².